The maximum absolute atomic E-state index is 13.3. The number of nitro benzene ring substituents is 1. The van der Waals surface area contributed by atoms with Crippen molar-refractivity contribution in [1.82, 2.24) is 5.43 Å². The Balaban J connectivity index is 1.90. The van der Waals surface area contributed by atoms with E-state index in [0.717, 1.165) is 22.0 Å². The Morgan fingerprint density at radius 2 is 1.55 bits per heavy atom. The van der Waals surface area contributed by atoms with E-state index in [4.69, 9.17) is 0 Å². The molecule has 9 nitrogen and oxygen atoms in total. The highest BCUT2D eigenvalue weighted by molar-refractivity contribution is 7.93. The van der Waals surface area contributed by atoms with Gasteiger partial charge in [0, 0.05) is 6.07 Å². The first-order valence-electron chi connectivity index (χ1n) is 9.08. The van der Waals surface area contributed by atoms with Crippen molar-refractivity contribution in [3.05, 3.63) is 101 Å². The molecule has 0 fully saturated rings. The molecule has 0 aliphatic carbocycles. The number of anilines is 1. The van der Waals surface area contributed by atoms with Crippen molar-refractivity contribution < 1.29 is 18.1 Å². The molecule has 10 heteroatoms. The molecule has 3 rings (SSSR count). The fourth-order valence-electron chi connectivity index (χ4n) is 2.74. The Hall–Kier alpha value is -4.05. The van der Waals surface area contributed by atoms with Crippen LogP contribution in [0.4, 0.5) is 11.4 Å². The van der Waals surface area contributed by atoms with Crippen LogP contribution < -0.4 is 9.73 Å². The average molecular weight is 438 g/mol. The van der Waals surface area contributed by atoms with E-state index < -0.39 is 38.0 Å². The molecule has 0 bridgehead atoms. The summed E-state index contributed by atoms with van der Waals surface area (Å²) in [5, 5.41) is 15.2. The van der Waals surface area contributed by atoms with Crippen molar-refractivity contribution in [2.75, 3.05) is 10.8 Å². The van der Waals surface area contributed by atoms with E-state index in [1.807, 2.05) is 6.07 Å². The van der Waals surface area contributed by atoms with Crippen molar-refractivity contribution in [3.8, 4) is 0 Å². The number of rotatable bonds is 8. The van der Waals surface area contributed by atoms with Crippen LogP contribution >= 0.6 is 0 Å². The molecule has 0 spiro atoms. The molecule has 3 aromatic rings. The van der Waals surface area contributed by atoms with Gasteiger partial charge < -0.3 is 0 Å². The molecule has 0 heterocycles. The molecular weight excluding hydrogens is 420 g/mol. The predicted octanol–water partition coefficient (Wildman–Crippen LogP) is 2.94. The molecule has 158 valence electrons. The number of carbonyl (C=O) groups excluding carboxylic acids is 1. The maximum Gasteiger partial charge on any atom is 0.289 e. The van der Waals surface area contributed by atoms with Crippen LogP contribution in [0.1, 0.15) is 5.56 Å². The lowest BCUT2D eigenvalue weighted by Gasteiger charge is -2.23. The van der Waals surface area contributed by atoms with Gasteiger partial charge in [-0.1, -0.05) is 60.7 Å². The smallest absolute Gasteiger partial charge is 0.271 e. The summed E-state index contributed by atoms with van der Waals surface area (Å²) in [4.78, 5) is 22.5. The van der Waals surface area contributed by atoms with Gasteiger partial charge in [-0.15, -0.1) is 0 Å². The van der Waals surface area contributed by atoms with Gasteiger partial charge in [-0.2, -0.15) is 5.10 Å². The van der Waals surface area contributed by atoms with Gasteiger partial charge in [-0.25, -0.2) is 13.8 Å². The van der Waals surface area contributed by atoms with Crippen LogP contribution in [0.2, 0.25) is 0 Å². The highest BCUT2D eigenvalue weighted by atomic mass is 32.2. The van der Waals surface area contributed by atoms with Crippen molar-refractivity contribution in [2.45, 2.75) is 4.90 Å². The van der Waals surface area contributed by atoms with E-state index >= 15 is 0 Å². The molecular formula is C21H18N4O5S. The van der Waals surface area contributed by atoms with Gasteiger partial charge in [0.15, 0.2) is 4.90 Å². The van der Waals surface area contributed by atoms with Crippen LogP contribution in [0, 0.1) is 10.1 Å². The molecule has 0 saturated carbocycles. The number of hydrogen-bond acceptors (Lipinski definition) is 6. The van der Waals surface area contributed by atoms with Crippen molar-refractivity contribution >= 4 is 33.5 Å². The van der Waals surface area contributed by atoms with Gasteiger partial charge >= 0.3 is 0 Å². The zero-order valence-corrected chi connectivity index (χ0v) is 17.0. The molecule has 1 N–H and O–H groups in total. The van der Waals surface area contributed by atoms with Gasteiger partial charge in [-0.05, 0) is 23.8 Å². The first-order valence-corrected chi connectivity index (χ1v) is 10.5. The Morgan fingerprint density at radius 3 is 2.19 bits per heavy atom. The number of carbonyl (C=O) groups is 1. The van der Waals surface area contributed by atoms with Crippen molar-refractivity contribution in [1.29, 1.82) is 0 Å². The summed E-state index contributed by atoms with van der Waals surface area (Å²) in [5.74, 6) is -0.710. The lowest BCUT2D eigenvalue weighted by atomic mass is 10.2. The Kier molecular flexibility index (Phi) is 6.73. The van der Waals surface area contributed by atoms with Gasteiger partial charge in [0.1, 0.15) is 6.54 Å². The van der Waals surface area contributed by atoms with Crippen LogP contribution in [0.25, 0.3) is 0 Å². The molecule has 0 aliphatic heterocycles. The number of hydrazone groups is 1. The molecule has 1 amide bonds. The van der Waals surface area contributed by atoms with E-state index in [1.165, 1.54) is 30.5 Å². The van der Waals surface area contributed by atoms with E-state index in [-0.39, 0.29) is 5.69 Å². The topological polar surface area (TPSA) is 122 Å². The molecule has 0 atom stereocenters. The standard InChI is InChI=1S/C21H18N4O5S/c26-21(23-22-15-17-9-3-1-4-10-17)16-24(18-11-5-2-6-12-18)31(29,30)20-14-8-7-13-19(20)25(27)28/h1-15H,16H2,(H,23,26)/b22-15+. The minimum Gasteiger partial charge on any atom is -0.271 e. The summed E-state index contributed by atoms with van der Waals surface area (Å²) in [5.41, 5.74) is 2.63. The quantitative estimate of drug-likeness (QED) is 0.329. The highest BCUT2D eigenvalue weighted by Gasteiger charge is 2.32. The van der Waals surface area contributed by atoms with E-state index in [2.05, 4.69) is 10.5 Å². The first-order chi connectivity index (χ1) is 14.9. The van der Waals surface area contributed by atoms with Gasteiger partial charge in [0.2, 0.25) is 0 Å². The third-order valence-electron chi connectivity index (χ3n) is 4.16. The van der Waals surface area contributed by atoms with Gasteiger partial charge in [-0.3, -0.25) is 19.2 Å². The second-order valence-electron chi connectivity index (χ2n) is 6.28. The average Bonchev–Trinajstić information content (AvgIpc) is 2.78. The molecule has 0 aromatic heterocycles. The zero-order valence-electron chi connectivity index (χ0n) is 16.2. The second kappa shape index (κ2) is 9.63. The Morgan fingerprint density at radius 1 is 0.968 bits per heavy atom. The minimum absolute atomic E-state index is 0.183. The molecule has 0 aliphatic rings. The van der Waals surface area contributed by atoms with Crippen LogP contribution in [0.15, 0.2) is 94.9 Å². The minimum atomic E-state index is -4.42. The lowest BCUT2D eigenvalue weighted by molar-refractivity contribution is -0.387. The van der Waals surface area contributed by atoms with E-state index in [1.54, 1.807) is 42.5 Å². The first kappa shape index (κ1) is 21.7. The van der Waals surface area contributed by atoms with Crippen LogP contribution in [-0.2, 0) is 14.8 Å². The van der Waals surface area contributed by atoms with Crippen LogP contribution in [0.3, 0.4) is 0 Å². The summed E-state index contributed by atoms with van der Waals surface area (Å²) >= 11 is 0. The lowest BCUT2D eigenvalue weighted by Crippen LogP contribution is -2.39. The number of amides is 1. The van der Waals surface area contributed by atoms with E-state index in [9.17, 15) is 23.3 Å². The predicted molar refractivity (Wildman–Crippen MR) is 116 cm³/mol. The van der Waals surface area contributed by atoms with Crippen molar-refractivity contribution in [3.63, 3.8) is 0 Å². The summed E-state index contributed by atoms with van der Waals surface area (Å²) in [6.45, 7) is -0.621. The summed E-state index contributed by atoms with van der Waals surface area (Å²) in [7, 11) is -4.42. The van der Waals surface area contributed by atoms with Gasteiger partial charge in [0.05, 0.1) is 16.8 Å². The normalized spacial score (nSPS) is 11.2. The maximum atomic E-state index is 13.3. The zero-order chi connectivity index (χ0) is 22.3. The van der Waals surface area contributed by atoms with E-state index in [0.29, 0.717) is 0 Å². The number of para-hydroxylation sites is 2. The van der Waals surface area contributed by atoms with Crippen LogP contribution in [0.5, 0.6) is 0 Å². The number of benzene rings is 3. The van der Waals surface area contributed by atoms with Crippen LogP contribution in [-0.4, -0.2) is 32.0 Å². The SMILES string of the molecule is O=C(CN(c1ccccc1)S(=O)(=O)c1ccccc1[N+](=O)[O-])N/N=C/c1ccccc1. The summed E-state index contributed by atoms with van der Waals surface area (Å²) in [6.07, 6.45) is 1.42. The third kappa shape index (κ3) is 5.31. The fourth-order valence-corrected chi connectivity index (χ4v) is 4.32. The summed E-state index contributed by atoms with van der Waals surface area (Å²) < 4.78 is 27.4. The summed E-state index contributed by atoms with van der Waals surface area (Å²) in [6, 6.07) is 21.9. The Bertz CT molecular complexity index is 1200. The number of hydrogen-bond donors (Lipinski definition) is 1. The molecule has 31 heavy (non-hydrogen) atoms. The highest BCUT2D eigenvalue weighted by Crippen LogP contribution is 2.29. The number of nitrogens with one attached hydrogen (secondary N) is 1. The van der Waals surface area contributed by atoms with Gasteiger partial charge in [0.25, 0.3) is 21.6 Å². The third-order valence-corrected chi connectivity index (χ3v) is 5.99. The molecule has 0 radical (unpaired) electrons. The molecule has 0 saturated heterocycles. The Labute approximate surface area is 178 Å². The monoisotopic (exact) mass is 438 g/mol. The largest absolute Gasteiger partial charge is 0.289 e. The molecule has 3 aromatic carbocycles. The number of sulfonamides is 1. The molecule has 0 unspecified atom stereocenters. The number of nitro groups is 1. The number of nitrogens with zero attached hydrogens (tertiary/aromatic N) is 3. The fraction of sp³-hybridized carbons (Fsp3) is 0.0476. The second-order valence-corrected chi connectivity index (χ2v) is 8.11. The van der Waals surface area contributed by atoms with Crippen molar-refractivity contribution in [2.24, 2.45) is 5.10 Å².